The molecular weight excluding hydrogens is 250 g/mol. The molecule has 0 aromatic heterocycles. The maximum absolute atomic E-state index is 12.5. The van der Waals surface area contributed by atoms with Crippen molar-refractivity contribution >= 4 is 5.91 Å². The number of hydrogen-bond acceptors (Lipinski definition) is 2. The number of aliphatic hydroxyl groups is 1. The molecular formula is C17H19NO2. The molecule has 1 aliphatic carbocycles. The topological polar surface area (TPSA) is 40.5 Å². The highest BCUT2D eigenvalue weighted by molar-refractivity contribution is 5.94. The smallest absolute Gasteiger partial charge is 0.253 e. The predicted molar refractivity (Wildman–Crippen MR) is 77.1 cm³/mol. The number of amides is 1. The minimum Gasteiger partial charge on any atom is -0.384 e. The molecule has 1 N–H and O–H groups in total. The molecule has 104 valence electrons. The van der Waals surface area contributed by atoms with Crippen LogP contribution in [0.1, 0.15) is 35.2 Å². The lowest BCUT2D eigenvalue weighted by atomic mass is 10.0. The Morgan fingerprint density at radius 3 is 2.45 bits per heavy atom. The van der Waals surface area contributed by atoms with Crippen molar-refractivity contribution in [1.29, 1.82) is 0 Å². The number of hydrogen-bond donors (Lipinski definition) is 1. The van der Waals surface area contributed by atoms with E-state index >= 15 is 0 Å². The van der Waals surface area contributed by atoms with E-state index in [1.165, 1.54) is 19.3 Å². The Labute approximate surface area is 119 Å². The Morgan fingerprint density at radius 1 is 1.20 bits per heavy atom. The van der Waals surface area contributed by atoms with Gasteiger partial charge >= 0.3 is 0 Å². The summed E-state index contributed by atoms with van der Waals surface area (Å²) in [4.78, 5) is 14.5. The van der Waals surface area contributed by atoms with Gasteiger partial charge in [-0.25, -0.2) is 0 Å². The van der Waals surface area contributed by atoms with Gasteiger partial charge in [0.2, 0.25) is 0 Å². The van der Waals surface area contributed by atoms with Crippen LogP contribution in [0, 0.1) is 23.7 Å². The number of aliphatic hydroxyl groups excluding tert-OH is 1. The van der Waals surface area contributed by atoms with Crippen LogP contribution in [0.2, 0.25) is 0 Å². The summed E-state index contributed by atoms with van der Waals surface area (Å²) in [7, 11) is 0. The fraction of sp³-hybridized carbons (Fsp3) is 0.471. The number of likely N-dealkylation sites (tertiary alicyclic amines) is 1. The predicted octanol–water partition coefficient (Wildman–Crippen LogP) is 1.90. The molecule has 20 heavy (non-hydrogen) atoms. The van der Waals surface area contributed by atoms with Crippen LogP contribution in [-0.2, 0) is 0 Å². The summed E-state index contributed by atoms with van der Waals surface area (Å²) in [6.07, 6.45) is 3.89. The summed E-state index contributed by atoms with van der Waals surface area (Å²) in [6.45, 7) is 1.71. The average molecular weight is 269 g/mol. The molecule has 2 aliphatic rings. The molecule has 2 atom stereocenters. The van der Waals surface area contributed by atoms with E-state index in [9.17, 15) is 4.79 Å². The highest BCUT2D eigenvalue weighted by Gasteiger charge is 2.38. The fourth-order valence-electron chi connectivity index (χ4n) is 3.42. The van der Waals surface area contributed by atoms with Crippen LogP contribution in [-0.4, -0.2) is 35.6 Å². The van der Waals surface area contributed by atoms with E-state index in [0.29, 0.717) is 0 Å². The molecule has 1 heterocycles. The minimum atomic E-state index is -0.142. The molecule has 2 unspecified atom stereocenters. The molecule has 1 saturated heterocycles. The largest absolute Gasteiger partial charge is 0.384 e. The first kappa shape index (κ1) is 13.2. The molecule has 1 aliphatic heterocycles. The first-order valence-electron chi connectivity index (χ1n) is 7.27. The quantitative estimate of drug-likeness (QED) is 0.791. The third-order valence-corrected chi connectivity index (χ3v) is 4.46. The van der Waals surface area contributed by atoms with E-state index in [-0.39, 0.29) is 12.5 Å². The van der Waals surface area contributed by atoms with Crippen molar-refractivity contribution in [3.05, 3.63) is 35.4 Å². The van der Waals surface area contributed by atoms with Crippen LogP contribution in [0.5, 0.6) is 0 Å². The number of rotatable bonds is 1. The monoisotopic (exact) mass is 269 g/mol. The third-order valence-electron chi connectivity index (χ3n) is 4.46. The molecule has 3 heteroatoms. The SMILES string of the molecule is O=C(c1ccc(C#CCO)cc1)N1CC2CCCC2C1. The molecule has 1 aromatic carbocycles. The van der Waals surface area contributed by atoms with Crippen molar-refractivity contribution in [2.75, 3.05) is 19.7 Å². The van der Waals surface area contributed by atoms with Crippen LogP contribution >= 0.6 is 0 Å². The van der Waals surface area contributed by atoms with E-state index < -0.39 is 0 Å². The van der Waals surface area contributed by atoms with E-state index in [1.54, 1.807) is 0 Å². The van der Waals surface area contributed by atoms with Gasteiger partial charge in [0.1, 0.15) is 6.61 Å². The summed E-state index contributed by atoms with van der Waals surface area (Å²) in [6, 6.07) is 7.34. The van der Waals surface area contributed by atoms with Gasteiger partial charge in [-0.3, -0.25) is 4.79 Å². The Morgan fingerprint density at radius 2 is 1.85 bits per heavy atom. The van der Waals surface area contributed by atoms with Gasteiger partial charge in [-0.15, -0.1) is 0 Å². The van der Waals surface area contributed by atoms with Gasteiger partial charge < -0.3 is 10.0 Å². The van der Waals surface area contributed by atoms with Crippen molar-refractivity contribution in [2.24, 2.45) is 11.8 Å². The first-order valence-corrected chi connectivity index (χ1v) is 7.27. The maximum Gasteiger partial charge on any atom is 0.253 e. The Hall–Kier alpha value is -1.79. The van der Waals surface area contributed by atoms with Crippen LogP contribution in [0.3, 0.4) is 0 Å². The molecule has 1 amide bonds. The van der Waals surface area contributed by atoms with Gasteiger partial charge in [0.15, 0.2) is 0 Å². The number of fused-ring (bicyclic) bond motifs is 1. The molecule has 1 saturated carbocycles. The van der Waals surface area contributed by atoms with Crippen LogP contribution in [0.15, 0.2) is 24.3 Å². The van der Waals surface area contributed by atoms with Crippen molar-refractivity contribution in [3.63, 3.8) is 0 Å². The van der Waals surface area contributed by atoms with E-state index in [2.05, 4.69) is 11.8 Å². The van der Waals surface area contributed by atoms with E-state index in [0.717, 1.165) is 36.1 Å². The highest BCUT2D eigenvalue weighted by Crippen LogP contribution is 2.38. The number of carbonyl (C=O) groups excluding carboxylic acids is 1. The zero-order valence-corrected chi connectivity index (χ0v) is 11.5. The molecule has 0 spiro atoms. The Bertz CT molecular complexity index is 541. The average Bonchev–Trinajstić information content (AvgIpc) is 3.06. The molecule has 3 rings (SSSR count). The lowest BCUT2D eigenvalue weighted by Crippen LogP contribution is -2.29. The van der Waals surface area contributed by atoms with Crippen molar-refractivity contribution in [2.45, 2.75) is 19.3 Å². The molecule has 0 radical (unpaired) electrons. The summed E-state index contributed by atoms with van der Waals surface area (Å²) in [5.41, 5.74) is 1.56. The summed E-state index contributed by atoms with van der Waals surface area (Å²) < 4.78 is 0. The van der Waals surface area contributed by atoms with Gasteiger partial charge in [-0.05, 0) is 48.9 Å². The van der Waals surface area contributed by atoms with E-state index in [1.807, 2.05) is 29.2 Å². The second-order valence-electron chi connectivity index (χ2n) is 5.70. The lowest BCUT2D eigenvalue weighted by molar-refractivity contribution is 0.0780. The standard InChI is InChI=1S/C17H19NO2/c19-10-2-3-13-6-8-14(9-7-13)17(20)18-11-15-4-1-5-16(15)12-18/h6-9,15-16,19H,1,4-5,10-12H2. The van der Waals surface area contributed by atoms with Gasteiger partial charge in [-0.1, -0.05) is 18.3 Å². The van der Waals surface area contributed by atoms with E-state index in [4.69, 9.17) is 5.11 Å². The normalized spacial score (nSPS) is 24.1. The van der Waals surface area contributed by atoms with Crippen LogP contribution in [0.25, 0.3) is 0 Å². The second-order valence-corrected chi connectivity index (χ2v) is 5.70. The maximum atomic E-state index is 12.5. The Kier molecular flexibility index (Phi) is 3.75. The molecule has 0 bridgehead atoms. The summed E-state index contributed by atoms with van der Waals surface area (Å²) in [5.74, 6) is 7.04. The van der Waals surface area contributed by atoms with Gasteiger partial charge in [-0.2, -0.15) is 0 Å². The number of carbonyl (C=O) groups is 1. The summed E-state index contributed by atoms with van der Waals surface area (Å²) in [5, 5.41) is 8.66. The van der Waals surface area contributed by atoms with Gasteiger partial charge in [0.25, 0.3) is 5.91 Å². The minimum absolute atomic E-state index is 0.140. The van der Waals surface area contributed by atoms with Crippen LogP contribution < -0.4 is 0 Å². The molecule has 2 fully saturated rings. The number of benzene rings is 1. The van der Waals surface area contributed by atoms with Crippen molar-refractivity contribution in [3.8, 4) is 11.8 Å². The highest BCUT2D eigenvalue weighted by atomic mass is 16.2. The second kappa shape index (κ2) is 5.68. The van der Waals surface area contributed by atoms with Gasteiger partial charge in [0.05, 0.1) is 0 Å². The Balaban J connectivity index is 1.68. The number of nitrogens with zero attached hydrogens (tertiary/aromatic N) is 1. The zero-order chi connectivity index (χ0) is 13.9. The van der Waals surface area contributed by atoms with Gasteiger partial charge in [0, 0.05) is 24.2 Å². The summed E-state index contributed by atoms with van der Waals surface area (Å²) >= 11 is 0. The fourth-order valence-corrected chi connectivity index (χ4v) is 3.42. The first-order chi connectivity index (χ1) is 9.78. The lowest BCUT2D eigenvalue weighted by Gasteiger charge is -2.17. The van der Waals surface area contributed by atoms with Crippen molar-refractivity contribution in [1.82, 2.24) is 4.90 Å². The van der Waals surface area contributed by atoms with Crippen LogP contribution in [0.4, 0.5) is 0 Å². The van der Waals surface area contributed by atoms with Crippen molar-refractivity contribution < 1.29 is 9.90 Å². The zero-order valence-electron chi connectivity index (χ0n) is 11.5. The molecule has 3 nitrogen and oxygen atoms in total. The molecule has 1 aromatic rings. The third kappa shape index (κ3) is 2.57.